The van der Waals surface area contributed by atoms with Crippen molar-refractivity contribution in [2.24, 2.45) is 0 Å². The topological polar surface area (TPSA) is 150 Å². The number of hydrogen-bond donors (Lipinski definition) is 5. The number of thiol groups is 1. The maximum absolute atomic E-state index is 12.2. The van der Waals surface area contributed by atoms with Crippen LogP contribution >= 0.6 is 12.6 Å². The quantitative estimate of drug-likeness (QED) is 0.0800. The van der Waals surface area contributed by atoms with Gasteiger partial charge in [-0.2, -0.15) is 0 Å². The Morgan fingerprint density at radius 2 is 1.00 bits per heavy atom. The molecule has 2 amide bonds. The highest BCUT2D eigenvalue weighted by Crippen LogP contribution is 2.14. The number of carbonyl (C=O) groups is 5. The molecular formula is C27H48N2O7S. The van der Waals surface area contributed by atoms with Crippen LogP contribution in [-0.2, 0) is 24.0 Å². The fourth-order valence-electron chi connectivity index (χ4n) is 4.10. The smallest absolute Gasteiger partial charge is 0.305 e. The first-order chi connectivity index (χ1) is 17.6. The number of rotatable bonds is 25. The molecule has 0 aliphatic heterocycles. The fraction of sp³-hybridized carbons (Fsp3) is 0.815. The molecular weight excluding hydrogens is 496 g/mol. The van der Waals surface area contributed by atoms with Crippen LogP contribution in [0.2, 0.25) is 0 Å². The zero-order valence-corrected chi connectivity index (χ0v) is 23.4. The Balaban J connectivity index is 3.75. The number of aliphatic carboxylic acids is 2. The molecule has 0 spiro atoms. The molecule has 0 fully saturated rings. The van der Waals surface area contributed by atoms with Crippen molar-refractivity contribution in [3.05, 3.63) is 0 Å². The summed E-state index contributed by atoms with van der Waals surface area (Å²) in [7, 11) is 0. The van der Waals surface area contributed by atoms with Crippen LogP contribution in [0.15, 0.2) is 0 Å². The monoisotopic (exact) mass is 544 g/mol. The van der Waals surface area contributed by atoms with Crippen molar-refractivity contribution in [3.8, 4) is 0 Å². The summed E-state index contributed by atoms with van der Waals surface area (Å²) in [5.74, 6) is -2.34. The lowest BCUT2D eigenvalue weighted by Crippen LogP contribution is -2.40. The third-order valence-corrected chi connectivity index (χ3v) is 6.69. The van der Waals surface area contributed by atoms with Gasteiger partial charge in [-0.25, -0.2) is 0 Å². The molecule has 10 heteroatoms. The van der Waals surface area contributed by atoms with E-state index >= 15 is 0 Å². The zero-order valence-electron chi connectivity index (χ0n) is 22.5. The van der Waals surface area contributed by atoms with Crippen LogP contribution in [0.5, 0.6) is 0 Å². The molecule has 0 rings (SSSR count). The SMILES string of the molecule is CC(NC(=O)CC[C@@H](CC(=O)O)NC(=O)CCCCCCCCCCCCCCCCC(=O)O)C(=O)S. The Kier molecular flexibility index (Phi) is 21.7. The van der Waals surface area contributed by atoms with E-state index < -0.39 is 29.1 Å². The van der Waals surface area contributed by atoms with Crippen molar-refractivity contribution >= 4 is 41.5 Å². The minimum Gasteiger partial charge on any atom is -0.481 e. The summed E-state index contributed by atoms with van der Waals surface area (Å²) in [5.41, 5.74) is 0. The van der Waals surface area contributed by atoms with E-state index in [9.17, 15) is 24.0 Å². The van der Waals surface area contributed by atoms with Gasteiger partial charge in [0, 0.05) is 25.3 Å². The van der Waals surface area contributed by atoms with Crippen molar-refractivity contribution in [2.45, 2.75) is 141 Å². The lowest BCUT2D eigenvalue weighted by molar-refractivity contribution is -0.138. The predicted molar refractivity (Wildman–Crippen MR) is 147 cm³/mol. The number of carboxylic acids is 2. The highest BCUT2D eigenvalue weighted by molar-refractivity contribution is 7.96. The summed E-state index contributed by atoms with van der Waals surface area (Å²) in [4.78, 5) is 56.8. The molecule has 0 heterocycles. The second-order valence-electron chi connectivity index (χ2n) is 9.87. The number of amides is 2. The molecule has 1 unspecified atom stereocenters. The Morgan fingerprint density at radius 3 is 1.41 bits per heavy atom. The van der Waals surface area contributed by atoms with E-state index in [4.69, 9.17) is 10.2 Å². The van der Waals surface area contributed by atoms with E-state index in [1.807, 2.05) is 0 Å². The third kappa shape index (κ3) is 24.0. The van der Waals surface area contributed by atoms with Gasteiger partial charge in [0.1, 0.15) is 0 Å². The molecule has 0 aromatic heterocycles. The fourth-order valence-corrected chi connectivity index (χ4v) is 4.16. The summed E-state index contributed by atoms with van der Waals surface area (Å²) < 4.78 is 0. The highest BCUT2D eigenvalue weighted by atomic mass is 32.1. The van der Waals surface area contributed by atoms with Gasteiger partial charge in [-0.05, 0) is 26.2 Å². The Bertz CT molecular complexity index is 688. The lowest BCUT2D eigenvalue weighted by atomic mass is 10.0. The van der Waals surface area contributed by atoms with Crippen LogP contribution in [-0.4, -0.2) is 51.2 Å². The second kappa shape index (κ2) is 23.0. The normalized spacial score (nSPS) is 12.5. The first kappa shape index (κ1) is 34.9. The average Bonchev–Trinajstić information content (AvgIpc) is 2.81. The molecule has 0 aliphatic rings. The van der Waals surface area contributed by atoms with Crippen LogP contribution in [0.25, 0.3) is 0 Å². The minimum absolute atomic E-state index is 0.0121. The second-order valence-corrected chi connectivity index (χ2v) is 10.3. The van der Waals surface area contributed by atoms with Crippen LogP contribution in [0.3, 0.4) is 0 Å². The number of hydrogen-bond acceptors (Lipinski definition) is 5. The number of carboxylic acid groups (broad SMARTS) is 2. The van der Waals surface area contributed by atoms with Gasteiger partial charge < -0.3 is 20.8 Å². The lowest BCUT2D eigenvalue weighted by Gasteiger charge is -2.17. The summed E-state index contributed by atoms with van der Waals surface area (Å²) in [6.07, 6.45) is 16.0. The Hall–Kier alpha value is -2.10. The standard InChI is InChI=1S/C27H48N2O7S/c1-21(27(36)37)28-24(31)19-18-22(20-26(34)35)29-23(30)16-14-12-10-8-6-4-2-3-5-7-9-11-13-15-17-25(32)33/h21-22H,2-20H2,1H3,(H,28,31)(H,29,30)(H,32,33)(H,34,35)(H,36,37)/t21?,22-/m0/s1. The minimum atomic E-state index is -1.04. The molecule has 0 aromatic rings. The Morgan fingerprint density at radius 1 is 0.595 bits per heavy atom. The molecule has 0 radical (unpaired) electrons. The van der Waals surface area contributed by atoms with Crippen molar-refractivity contribution in [3.63, 3.8) is 0 Å². The number of nitrogens with one attached hydrogen (secondary N) is 2. The molecule has 37 heavy (non-hydrogen) atoms. The average molecular weight is 545 g/mol. The summed E-state index contributed by atoms with van der Waals surface area (Å²) in [5, 5.41) is 22.4. The summed E-state index contributed by atoms with van der Waals surface area (Å²) in [6, 6.07) is -1.35. The van der Waals surface area contributed by atoms with Gasteiger partial charge in [-0.15, -0.1) is 12.6 Å². The number of unbranched alkanes of at least 4 members (excludes halogenated alkanes) is 13. The molecule has 214 valence electrons. The van der Waals surface area contributed by atoms with Crippen LogP contribution in [0, 0.1) is 0 Å². The van der Waals surface area contributed by atoms with Gasteiger partial charge in [0.2, 0.25) is 16.9 Å². The van der Waals surface area contributed by atoms with Crippen molar-refractivity contribution in [2.75, 3.05) is 0 Å². The van der Waals surface area contributed by atoms with E-state index in [2.05, 4.69) is 23.3 Å². The van der Waals surface area contributed by atoms with E-state index in [0.29, 0.717) is 6.42 Å². The first-order valence-electron chi connectivity index (χ1n) is 13.9. The Labute approximate surface area is 227 Å². The van der Waals surface area contributed by atoms with Crippen LogP contribution in [0.1, 0.15) is 129 Å². The molecule has 0 aliphatic carbocycles. The van der Waals surface area contributed by atoms with Gasteiger partial charge in [0.25, 0.3) is 0 Å². The van der Waals surface area contributed by atoms with Gasteiger partial charge in [-0.3, -0.25) is 24.0 Å². The van der Waals surface area contributed by atoms with Gasteiger partial charge >= 0.3 is 11.9 Å². The largest absolute Gasteiger partial charge is 0.481 e. The maximum Gasteiger partial charge on any atom is 0.305 e. The molecule has 9 nitrogen and oxygen atoms in total. The van der Waals surface area contributed by atoms with E-state index in [0.717, 1.165) is 44.9 Å². The third-order valence-electron chi connectivity index (χ3n) is 6.30. The van der Waals surface area contributed by atoms with E-state index in [1.54, 1.807) is 0 Å². The molecule has 0 saturated carbocycles. The van der Waals surface area contributed by atoms with E-state index in [-0.39, 0.29) is 37.5 Å². The van der Waals surface area contributed by atoms with Crippen LogP contribution in [0.4, 0.5) is 0 Å². The molecule has 4 N–H and O–H groups in total. The van der Waals surface area contributed by atoms with Crippen molar-refractivity contribution in [1.82, 2.24) is 10.6 Å². The zero-order chi connectivity index (χ0) is 27.9. The van der Waals surface area contributed by atoms with Crippen molar-refractivity contribution < 1.29 is 34.2 Å². The van der Waals surface area contributed by atoms with Gasteiger partial charge in [0.05, 0.1) is 12.5 Å². The maximum atomic E-state index is 12.2. The summed E-state index contributed by atoms with van der Waals surface area (Å²) >= 11 is 3.66. The molecule has 0 bridgehead atoms. The molecule has 2 atom stereocenters. The van der Waals surface area contributed by atoms with Crippen LogP contribution < -0.4 is 10.6 Å². The number of carbonyl (C=O) groups excluding carboxylic acids is 3. The molecule has 0 saturated heterocycles. The van der Waals surface area contributed by atoms with Gasteiger partial charge in [-0.1, -0.05) is 77.0 Å². The van der Waals surface area contributed by atoms with Gasteiger partial charge in [0.15, 0.2) is 0 Å². The first-order valence-corrected chi connectivity index (χ1v) is 14.3. The van der Waals surface area contributed by atoms with Crippen molar-refractivity contribution in [1.29, 1.82) is 0 Å². The summed E-state index contributed by atoms with van der Waals surface area (Å²) in [6.45, 7) is 1.52. The van der Waals surface area contributed by atoms with E-state index in [1.165, 1.54) is 51.9 Å². The molecule has 0 aromatic carbocycles. The predicted octanol–water partition coefficient (Wildman–Crippen LogP) is 5.01. The highest BCUT2D eigenvalue weighted by Gasteiger charge is 2.19.